The lowest BCUT2D eigenvalue weighted by molar-refractivity contribution is 0.0938. The van der Waals surface area contributed by atoms with Crippen LogP contribution in [0.2, 0.25) is 0 Å². The first-order valence-corrected chi connectivity index (χ1v) is 8.50. The first-order chi connectivity index (χ1) is 12.5. The van der Waals surface area contributed by atoms with Crippen LogP contribution in [-0.4, -0.2) is 31.4 Å². The topological polar surface area (TPSA) is 62.6 Å². The first kappa shape index (κ1) is 17.9. The van der Waals surface area contributed by atoms with Crippen LogP contribution < -0.4 is 10.9 Å². The second-order valence-electron chi connectivity index (χ2n) is 6.59. The molecule has 0 saturated heterocycles. The molecular weight excluding hydrogens is 328 g/mol. The van der Waals surface area contributed by atoms with Crippen molar-refractivity contribution < 1.29 is 9.21 Å². The van der Waals surface area contributed by atoms with E-state index < -0.39 is 11.5 Å². The second-order valence-corrected chi connectivity index (χ2v) is 6.59. The van der Waals surface area contributed by atoms with E-state index in [1.54, 1.807) is 18.2 Å². The van der Waals surface area contributed by atoms with E-state index in [1.165, 1.54) is 5.56 Å². The molecule has 1 N–H and O–H groups in total. The molecule has 0 aliphatic heterocycles. The molecule has 26 heavy (non-hydrogen) atoms. The molecule has 3 rings (SSSR count). The molecule has 1 amide bonds. The Hall–Kier alpha value is -2.92. The maximum atomic E-state index is 12.5. The number of likely N-dealkylation sites (N-methyl/N-ethyl adjacent to an activating group) is 1. The van der Waals surface area contributed by atoms with E-state index in [0.29, 0.717) is 12.1 Å². The first-order valence-electron chi connectivity index (χ1n) is 8.50. The number of nitrogens with zero attached hydrogens (tertiary/aromatic N) is 1. The van der Waals surface area contributed by atoms with E-state index in [1.807, 2.05) is 50.2 Å². The number of amides is 1. The van der Waals surface area contributed by atoms with E-state index in [2.05, 4.69) is 17.4 Å². The minimum Gasteiger partial charge on any atom is -0.422 e. The van der Waals surface area contributed by atoms with Crippen LogP contribution in [-0.2, 0) is 0 Å². The van der Waals surface area contributed by atoms with Gasteiger partial charge in [-0.25, -0.2) is 4.79 Å². The van der Waals surface area contributed by atoms with Crippen LogP contribution >= 0.6 is 0 Å². The molecule has 1 atom stereocenters. The van der Waals surface area contributed by atoms with Gasteiger partial charge in [-0.05, 0) is 38.7 Å². The van der Waals surface area contributed by atoms with Crippen molar-refractivity contribution in [1.29, 1.82) is 0 Å². The molecule has 0 bridgehead atoms. The highest BCUT2D eigenvalue weighted by Gasteiger charge is 2.18. The smallest absolute Gasteiger partial charge is 0.349 e. The van der Waals surface area contributed by atoms with Gasteiger partial charge in [0.25, 0.3) is 5.91 Å². The van der Waals surface area contributed by atoms with Gasteiger partial charge in [-0.3, -0.25) is 4.79 Å². The van der Waals surface area contributed by atoms with Crippen LogP contribution in [0.5, 0.6) is 0 Å². The number of fused-ring (bicyclic) bond motifs is 1. The zero-order valence-corrected chi connectivity index (χ0v) is 15.2. The Labute approximate surface area is 152 Å². The van der Waals surface area contributed by atoms with Crippen LogP contribution in [0.1, 0.15) is 27.5 Å². The molecule has 134 valence electrons. The van der Waals surface area contributed by atoms with Crippen LogP contribution in [0.25, 0.3) is 11.0 Å². The molecule has 5 heteroatoms. The summed E-state index contributed by atoms with van der Waals surface area (Å²) in [4.78, 5) is 26.7. The molecule has 1 heterocycles. The summed E-state index contributed by atoms with van der Waals surface area (Å²) in [7, 11) is 3.92. The number of rotatable bonds is 5. The molecule has 5 nitrogen and oxygen atoms in total. The van der Waals surface area contributed by atoms with Crippen molar-refractivity contribution in [3.8, 4) is 0 Å². The second kappa shape index (κ2) is 7.54. The highest BCUT2D eigenvalue weighted by Crippen LogP contribution is 2.18. The van der Waals surface area contributed by atoms with Gasteiger partial charge in [-0.1, -0.05) is 48.0 Å². The summed E-state index contributed by atoms with van der Waals surface area (Å²) in [5.41, 5.74) is 2.15. The lowest BCUT2D eigenvalue weighted by Gasteiger charge is -2.25. The van der Waals surface area contributed by atoms with Gasteiger partial charge in [-0.2, -0.15) is 0 Å². The molecule has 0 saturated carbocycles. The number of aryl methyl sites for hydroxylation is 1. The van der Waals surface area contributed by atoms with Crippen molar-refractivity contribution in [2.45, 2.75) is 13.0 Å². The van der Waals surface area contributed by atoms with E-state index in [4.69, 9.17) is 4.42 Å². The van der Waals surface area contributed by atoms with Crippen molar-refractivity contribution >= 4 is 16.9 Å². The average molecular weight is 350 g/mol. The summed E-state index contributed by atoms with van der Waals surface area (Å²) in [6.45, 7) is 2.43. The maximum absolute atomic E-state index is 12.5. The minimum absolute atomic E-state index is 0.00653. The van der Waals surface area contributed by atoms with Crippen molar-refractivity contribution in [1.82, 2.24) is 10.2 Å². The number of para-hydroxylation sites is 1. The Morgan fingerprint density at radius 1 is 1.12 bits per heavy atom. The van der Waals surface area contributed by atoms with Gasteiger partial charge >= 0.3 is 5.63 Å². The van der Waals surface area contributed by atoms with Gasteiger partial charge < -0.3 is 14.6 Å². The Balaban J connectivity index is 1.79. The fourth-order valence-electron chi connectivity index (χ4n) is 2.89. The number of carbonyl (C=O) groups excluding carboxylic acids is 1. The summed E-state index contributed by atoms with van der Waals surface area (Å²) >= 11 is 0. The average Bonchev–Trinajstić information content (AvgIpc) is 2.62. The van der Waals surface area contributed by atoms with Crippen molar-refractivity contribution in [3.63, 3.8) is 0 Å². The third-order valence-electron chi connectivity index (χ3n) is 4.43. The monoisotopic (exact) mass is 350 g/mol. The Bertz CT molecular complexity index is 974. The fourth-order valence-corrected chi connectivity index (χ4v) is 2.89. The summed E-state index contributed by atoms with van der Waals surface area (Å²) in [5, 5.41) is 3.58. The molecule has 1 aromatic heterocycles. The molecule has 0 unspecified atom stereocenters. The number of hydrogen-bond donors (Lipinski definition) is 1. The van der Waals surface area contributed by atoms with Crippen LogP contribution in [0.15, 0.2) is 63.8 Å². The van der Waals surface area contributed by atoms with Crippen molar-refractivity contribution in [3.05, 3.63) is 81.7 Å². The number of benzene rings is 2. The standard InChI is InChI=1S/C21H22N2O3/c1-14-8-10-15(11-9-14)18(23(2)3)13-22-20(24)17-12-16-6-4-5-7-19(16)26-21(17)25/h4-12,18H,13H2,1-3H3,(H,22,24)/t18-/m0/s1. The number of nitrogens with one attached hydrogen (secondary N) is 1. The predicted octanol–water partition coefficient (Wildman–Crippen LogP) is 3.13. The molecule has 0 radical (unpaired) electrons. The lowest BCUT2D eigenvalue weighted by Crippen LogP contribution is -2.36. The van der Waals surface area contributed by atoms with Crippen molar-refractivity contribution in [2.75, 3.05) is 20.6 Å². The third kappa shape index (κ3) is 3.83. The van der Waals surface area contributed by atoms with E-state index in [0.717, 1.165) is 10.9 Å². The normalized spacial score (nSPS) is 12.3. The Morgan fingerprint density at radius 3 is 2.50 bits per heavy atom. The van der Waals surface area contributed by atoms with E-state index in [-0.39, 0.29) is 11.6 Å². The highest BCUT2D eigenvalue weighted by atomic mass is 16.4. The van der Waals surface area contributed by atoms with Crippen LogP contribution in [0.4, 0.5) is 0 Å². The maximum Gasteiger partial charge on any atom is 0.349 e. The largest absolute Gasteiger partial charge is 0.422 e. The quantitative estimate of drug-likeness (QED) is 0.718. The van der Waals surface area contributed by atoms with Gasteiger partial charge in [0.2, 0.25) is 0 Å². The molecule has 2 aromatic carbocycles. The van der Waals surface area contributed by atoms with E-state index in [9.17, 15) is 9.59 Å². The molecule has 0 spiro atoms. The summed E-state index contributed by atoms with van der Waals surface area (Å²) in [5.74, 6) is -0.427. The predicted molar refractivity (Wildman–Crippen MR) is 102 cm³/mol. The lowest BCUT2D eigenvalue weighted by atomic mass is 10.0. The third-order valence-corrected chi connectivity index (χ3v) is 4.43. The molecular formula is C21H22N2O3. The molecule has 0 aliphatic carbocycles. The Morgan fingerprint density at radius 2 is 1.81 bits per heavy atom. The zero-order chi connectivity index (χ0) is 18.7. The van der Waals surface area contributed by atoms with Gasteiger partial charge in [0.1, 0.15) is 11.1 Å². The zero-order valence-electron chi connectivity index (χ0n) is 15.2. The van der Waals surface area contributed by atoms with Gasteiger partial charge in [0.05, 0.1) is 6.04 Å². The fraction of sp³-hybridized carbons (Fsp3) is 0.238. The van der Waals surface area contributed by atoms with Crippen LogP contribution in [0, 0.1) is 6.92 Å². The summed E-state index contributed by atoms with van der Waals surface area (Å²) in [6.07, 6.45) is 0. The number of carbonyl (C=O) groups is 1. The summed E-state index contributed by atoms with van der Waals surface area (Å²) < 4.78 is 5.24. The van der Waals surface area contributed by atoms with Crippen molar-refractivity contribution in [2.24, 2.45) is 0 Å². The van der Waals surface area contributed by atoms with Crippen LogP contribution in [0.3, 0.4) is 0 Å². The highest BCUT2D eigenvalue weighted by molar-refractivity contribution is 5.96. The molecule has 0 aliphatic rings. The SMILES string of the molecule is Cc1ccc([C@H](CNC(=O)c2cc3ccccc3oc2=O)N(C)C)cc1. The van der Waals surface area contributed by atoms with E-state index >= 15 is 0 Å². The van der Waals surface area contributed by atoms with Gasteiger partial charge in [0, 0.05) is 11.9 Å². The Kier molecular flexibility index (Phi) is 5.19. The molecule has 3 aromatic rings. The van der Waals surface area contributed by atoms with Gasteiger partial charge in [0.15, 0.2) is 0 Å². The van der Waals surface area contributed by atoms with Gasteiger partial charge in [-0.15, -0.1) is 0 Å². The molecule has 0 fully saturated rings. The summed E-state index contributed by atoms with van der Waals surface area (Å²) in [6, 6.07) is 16.9. The number of hydrogen-bond acceptors (Lipinski definition) is 4. The minimum atomic E-state index is -0.627.